The number of aromatic nitrogens is 1. The average Bonchev–Trinajstić information content (AvgIpc) is 3.03. The van der Waals surface area contributed by atoms with E-state index in [9.17, 15) is 18.0 Å². The summed E-state index contributed by atoms with van der Waals surface area (Å²) in [6, 6.07) is 1.11. The van der Waals surface area contributed by atoms with E-state index in [4.69, 9.17) is 11.6 Å². The van der Waals surface area contributed by atoms with E-state index in [-0.39, 0.29) is 11.3 Å². The van der Waals surface area contributed by atoms with Gasteiger partial charge in [-0.3, -0.25) is 4.98 Å². The number of rotatable bonds is 2. The highest BCUT2D eigenvalue weighted by atomic mass is 35.5. The maximum Gasteiger partial charge on any atom is 0.418 e. The lowest BCUT2D eigenvalue weighted by Gasteiger charge is -2.12. The van der Waals surface area contributed by atoms with Crippen LogP contribution in [0.2, 0.25) is 0 Å². The van der Waals surface area contributed by atoms with Gasteiger partial charge < -0.3 is 4.74 Å². The normalized spacial score (nSPS) is 22.7. The largest absolute Gasteiger partial charge is 0.465 e. The molecular formula is C11H9ClF3NO2. The van der Waals surface area contributed by atoms with Crippen LogP contribution >= 0.6 is 11.6 Å². The maximum atomic E-state index is 12.7. The molecule has 1 aliphatic carbocycles. The van der Waals surface area contributed by atoms with E-state index < -0.39 is 23.3 Å². The molecule has 0 amide bonds. The first-order valence-electron chi connectivity index (χ1n) is 5.14. The first-order valence-corrected chi connectivity index (χ1v) is 5.57. The molecule has 3 nitrogen and oxygen atoms in total. The van der Waals surface area contributed by atoms with Crippen LogP contribution in [-0.4, -0.2) is 23.4 Å². The van der Waals surface area contributed by atoms with Gasteiger partial charge in [-0.05, 0) is 12.5 Å². The van der Waals surface area contributed by atoms with E-state index in [1.54, 1.807) is 0 Å². The number of carbonyl (C=O) groups excluding carboxylic acids is 1. The smallest absolute Gasteiger partial charge is 0.418 e. The third-order valence-corrected chi connectivity index (χ3v) is 3.21. The zero-order valence-corrected chi connectivity index (χ0v) is 10.0. The SMILES string of the molecule is COC(=O)c1cc(C2CC2Cl)ncc1C(F)(F)F. The summed E-state index contributed by atoms with van der Waals surface area (Å²) in [6.45, 7) is 0. The number of halogens is 4. The fourth-order valence-electron chi connectivity index (χ4n) is 1.65. The highest BCUT2D eigenvalue weighted by Crippen LogP contribution is 2.45. The van der Waals surface area contributed by atoms with Crippen molar-refractivity contribution in [2.45, 2.75) is 23.9 Å². The minimum Gasteiger partial charge on any atom is -0.465 e. The molecule has 2 atom stereocenters. The monoisotopic (exact) mass is 279 g/mol. The van der Waals surface area contributed by atoms with Gasteiger partial charge in [0.25, 0.3) is 0 Å². The molecule has 1 aliphatic rings. The minimum absolute atomic E-state index is 0.0858. The van der Waals surface area contributed by atoms with E-state index in [0.29, 0.717) is 18.3 Å². The van der Waals surface area contributed by atoms with Crippen molar-refractivity contribution in [2.75, 3.05) is 7.11 Å². The predicted molar refractivity (Wildman–Crippen MR) is 57.6 cm³/mol. The van der Waals surface area contributed by atoms with E-state index in [0.717, 1.165) is 13.2 Å². The van der Waals surface area contributed by atoms with E-state index >= 15 is 0 Å². The Morgan fingerprint density at radius 2 is 2.17 bits per heavy atom. The molecule has 0 bridgehead atoms. The van der Waals surface area contributed by atoms with Crippen LogP contribution in [0.25, 0.3) is 0 Å². The number of pyridine rings is 1. The van der Waals surface area contributed by atoms with Gasteiger partial charge in [0.2, 0.25) is 0 Å². The molecule has 2 rings (SSSR count). The Labute approximate surface area is 106 Å². The predicted octanol–water partition coefficient (Wildman–Crippen LogP) is 2.98. The molecule has 1 aromatic rings. The zero-order valence-electron chi connectivity index (χ0n) is 9.29. The van der Waals surface area contributed by atoms with Gasteiger partial charge >= 0.3 is 12.1 Å². The highest BCUT2D eigenvalue weighted by Gasteiger charge is 2.41. The fourth-order valence-corrected chi connectivity index (χ4v) is 1.97. The van der Waals surface area contributed by atoms with Gasteiger partial charge in [-0.1, -0.05) is 0 Å². The number of hydrogen-bond acceptors (Lipinski definition) is 3. The second kappa shape index (κ2) is 4.42. The van der Waals surface area contributed by atoms with Gasteiger partial charge in [-0.25, -0.2) is 4.79 Å². The van der Waals surface area contributed by atoms with Crippen LogP contribution in [0.1, 0.15) is 34.0 Å². The standard InChI is InChI=1S/C11H9ClF3NO2/c1-18-10(17)5-3-9(6-2-8(6)12)16-4-7(5)11(13,14)15/h3-4,6,8H,2H2,1H3. The Kier molecular flexibility index (Phi) is 3.23. The summed E-state index contributed by atoms with van der Waals surface area (Å²) in [5.74, 6) is -1.12. The molecule has 0 saturated heterocycles. The van der Waals surface area contributed by atoms with Crippen LogP contribution in [0.5, 0.6) is 0 Å². The second-order valence-electron chi connectivity index (χ2n) is 4.00. The Hall–Kier alpha value is -1.30. The number of nitrogens with zero attached hydrogens (tertiary/aromatic N) is 1. The summed E-state index contributed by atoms with van der Waals surface area (Å²) < 4.78 is 42.4. The third-order valence-electron chi connectivity index (χ3n) is 2.73. The van der Waals surface area contributed by atoms with Gasteiger partial charge in [0, 0.05) is 23.2 Å². The summed E-state index contributed by atoms with van der Waals surface area (Å²) in [6.07, 6.45) is -3.33. The van der Waals surface area contributed by atoms with Crippen LogP contribution in [0, 0.1) is 0 Å². The Balaban J connectivity index is 2.45. The van der Waals surface area contributed by atoms with Crippen LogP contribution < -0.4 is 0 Å². The van der Waals surface area contributed by atoms with E-state index in [1.165, 1.54) is 0 Å². The molecule has 1 saturated carbocycles. The van der Waals surface area contributed by atoms with Gasteiger partial charge in [0.1, 0.15) is 0 Å². The number of carbonyl (C=O) groups is 1. The molecule has 0 aliphatic heterocycles. The van der Waals surface area contributed by atoms with Crippen LogP contribution in [0.4, 0.5) is 13.2 Å². The summed E-state index contributed by atoms with van der Waals surface area (Å²) in [4.78, 5) is 15.1. The number of esters is 1. The average molecular weight is 280 g/mol. The third kappa shape index (κ3) is 2.43. The van der Waals surface area contributed by atoms with Crippen molar-refractivity contribution in [1.82, 2.24) is 4.98 Å². The first kappa shape index (κ1) is 13.1. The Morgan fingerprint density at radius 1 is 1.56 bits per heavy atom. The molecule has 98 valence electrons. The molecule has 1 aromatic heterocycles. The lowest BCUT2D eigenvalue weighted by Crippen LogP contribution is -2.15. The number of hydrogen-bond donors (Lipinski definition) is 0. The van der Waals surface area contributed by atoms with Crippen molar-refractivity contribution in [3.05, 3.63) is 29.1 Å². The summed E-state index contributed by atoms with van der Waals surface area (Å²) in [7, 11) is 1.03. The molecule has 18 heavy (non-hydrogen) atoms. The summed E-state index contributed by atoms with van der Waals surface area (Å²) >= 11 is 5.80. The molecule has 7 heteroatoms. The Morgan fingerprint density at radius 3 is 2.61 bits per heavy atom. The quantitative estimate of drug-likeness (QED) is 0.617. The minimum atomic E-state index is -4.64. The fraction of sp³-hybridized carbons (Fsp3) is 0.455. The lowest BCUT2D eigenvalue weighted by atomic mass is 10.1. The maximum absolute atomic E-state index is 12.7. The van der Waals surface area contributed by atoms with Crippen molar-refractivity contribution >= 4 is 17.6 Å². The molecule has 0 spiro atoms. The molecule has 0 aromatic carbocycles. The van der Waals surface area contributed by atoms with Gasteiger partial charge in [0.15, 0.2) is 0 Å². The molecular weight excluding hydrogens is 271 g/mol. The van der Waals surface area contributed by atoms with Crippen molar-refractivity contribution in [2.24, 2.45) is 0 Å². The van der Waals surface area contributed by atoms with Crippen molar-refractivity contribution in [1.29, 1.82) is 0 Å². The lowest BCUT2D eigenvalue weighted by molar-refractivity contribution is -0.138. The van der Waals surface area contributed by atoms with Crippen LogP contribution in [0.15, 0.2) is 12.3 Å². The number of alkyl halides is 4. The van der Waals surface area contributed by atoms with Crippen LogP contribution in [0.3, 0.4) is 0 Å². The second-order valence-corrected chi connectivity index (χ2v) is 4.56. The van der Waals surface area contributed by atoms with Gasteiger partial charge in [-0.15, -0.1) is 11.6 Å². The van der Waals surface area contributed by atoms with Crippen molar-refractivity contribution < 1.29 is 22.7 Å². The molecule has 0 N–H and O–H groups in total. The van der Waals surface area contributed by atoms with Crippen LogP contribution in [-0.2, 0) is 10.9 Å². The molecule has 2 unspecified atom stereocenters. The molecule has 1 fully saturated rings. The van der Waals surface area contributed by atoms with E-state index in [1.807, 2.05) is 0 Å². The van der Waals surface area contributed by atoms with Crippen molar-refractivity contribution in [3.63, 3.8) is 0 Å². The first-order chi connectivity index (χ1) is 8.34. The Bertz CT molecular complexity index is 490. The number of methoxy groups -OCH3 is 1. The van der Waals surface area contributed by atoms with Gasteiger partial charge in [0.05, 0.1) is 18.2 Å². The number of ether oxygens (including phenoxy) is 1. The summed E-state index contributed by atoms with van der Waals surface area (Å²) in [5.41, 5.74) is -1.22. The highest BCUT2D eigenvalue weighted by molar-refractivity contribution is 6.23. The molecule has 1 heterocycles. The van der Waals surface area contributed by atoms with E-state index in [2.05, 4.69) is 9.72 Å². The summed E-state index contributed by atoms with van der Waals surface area (Å²) in [5, 5.41) is -0.125. The van der Waals surface area contributed by atoms with Crippen molar-refractivity contribution in [3.8, 4) is 0 Å². The van der Waals surface area contributed by atoms with Gasteiger partial charge in [-0.2, -0.15) is 13.2 Å². The zero-order chi connectivity index (χ0) is 13.5. The molecule has 0 radical (unpaired) electrons. The topological polar surface area (TPSA) is 39.2 Å².